The number of hydrogen-bond donors (Lipinski definition) is 0. The minimum absolute atomic E-state index is 0.113. The zero-order chi connectivity index (χ0) is 14.1. The van der Waals surface area contributed by atoms with E-state index in [0.29, 0.717) is 0 Å². The molecular formula is C7H5F6IO3. The van der Waals surface area contributed by atoms with Crippen LogP contribution in [0.15, 0.2) is 0 Å². The fourth-order valence-corrected chi connectivity index (χ4v) is 0.748. The third kappa shape index (κ3) is 3.22. The van der Waals surface area contributed by atoms with E-state index in [9.17, 15) is 35.9 Å². The van der Waals surface area contributed by atoms with Gasteiger partial charge >= 0.3 is 27.7 Å². The van der Waals surface area contributed by atoms with Crippen molar-refractivity contribution in [1.82, 2.24) is 0 Å². The zero-order valence-electron chi connectivity index (χ0n) is 8.08. The maximum Gasteiger partial charge on any atom is 0.422 e. The standard InChI is InChI=1S/C7H5F6IO3/c1-2-3(15)17-4(16)5(14,6(8,9)10)7(11,12)13/h2H2,1H3. The topological polar surface area (TPSA) is 43.4 Å². The van der Waals surface area contributed by atoms with Crippen LogP contribution in [0.25, 0.3) is 0 Å². The van der Waals surface area contributed by atoms with Gasteiger partial charge in [-0.1, -0.05) is 6.92 Å². The average molecular weight is 378 g/mol. The van der Waals surface area contributed by atoms with E-state index < -0.39 is 34.1 Å². The summed E-state index contributed by atoms with van der Waals surface area (Å²) >= 11 is -0.113. The van der Waals surface area contributed by atoms with E-state index in [2.05, 4.69) is 4.74 Å². The van der Waals surface area contributed by atoms with Crippen molar-refractivity contribution in [3.05, 3.63) is 0 Å². The molecule has 0 aromatic carbocycles. The molecule has 0 aliphatic rings. The van der Waals surface area contributed by atoms with Crippen LogP contribution in [0.5, 0.6) is 0 Å². The number of halogens is 7. The van der Waals surface area contributed by atoms with Crippen LogP contribution in [0.2, 0.25) is 0 Å². The van der Waals surface area contributed by atoms with Crippen molar-refractivity contribution in [2.75, 3.05) is 0 Å². The van der Waals surface area contributed by atoms with E-state index in [1.807, 2.05) is 0 Å². The van der Waals surface area contributed by atoms with Gasteiger partial charge in [-0.25, -0.2) is 4.79 Å². The van der Waals surface area contributed by atoms with Gasteiger partial charge in [-0.2, -0.15) is 26.3 Å². The Balaban J connectivity index is 5.38. The second-order valence-corrected chi connectivity index (χ2v) is 4.39. The van der Waals surface area contributed by atoms with Gasteiger partial charge in [0, 0.05) is 6.42 Å². The largest absolute Gasteiger partial charge is 0.422 e. The SMILES string of the molecule is CCC(=O)OC(=O)C(I)(C(F)(F)F)C(F)(F)F. The number of carbonyl (C=O) groups excluding carboxylic acids is 2. The summed E-state index contributed by atoms with van der Waals surface area (Å²) in [5.41, 5.74) is 0. The maximum atomic E-state index is 12.3. The minimum Gasteiger partial charge on any atom is -0.392 e. The zero-order valence-corrected chi connectivity index (χ0v) is 10.2. The Labute approximate surface area is 105 Å². The summed E-state index contributed by atoms with van der Waals surface area (Å²) < 4.78 is 72.3. The minimum atomic E-state index is -5.92. The Morgan fingerprint density at radius 2 is 1.41 bits per heavy atom. The van der Waals surface area contributed by atoms with Crippen LogP contribution in [-0.2, 0) is 14.3 Å². The molecule has 0 fully saturated rings. The summed E-state index contributed by atoms with van der Waals surface area (Å²) in [4.78, 5) is 21.4. The van der Waals surface area contributed by atoms with Crippen LogP contribution < -0.4 is 0 Å². The smallest absolute Gasteiger partial charge is 0.392 e. The van der Waals surface area contributed by atoms with Gasteiger partial charge in [0.2, 0.25) is 0 Å². The van der Waals surface area contributed by atoms with Crippen molar-refractivity contribution in [3.8, 4) is 0 Å². The molecule has 0 aliphatic carbocycles. The van der Waals surface area contributed by atoms with Gasteiger partial charge in [0.25, 0.3) is 0 Å². The molecule has 0 aromatic rings. The van der Waals surface area contributed by atoms with E-state index in [1.165, 1.54) is 0 Å². The molecular weight excluding hydrogens is 373 g/mol. The second-order valence-electron chi connectivity index (χ2n) is 2.77. The van der Waals surface area contributed by atoms with Gasteiger partial charge in [0.1, 0.15) is 0 Å². The van der Waals surface area contributed by atoms with Gasteiger partial charge in [0.15, 0.2) is 0 Å². The van der Waals surface area contributed by atoms with Gasteiger partial charge in [-0.3, -0.25) is 4.79 Å². The molecule has 0 bridgehead atoms. The van der Waals surface area contributed by atoms with Crippen LogP contribution in [0.4, 0.5) is 26.3 Å². The molecule has 0 rings (SSSR count). The molecule has 0 N–H and O–H groups in total. The molecule has 0 heterocycles. The molecule has 0 unspecified atom stereocenters. The number of alkyl halides is 7. The Morgan fingerprint density at radius 1 is 1.06 bits per heavy atom. The average Bonchev–Trinajstić information content (AvgIpc) is 2.12. The summed E-state index contributed by atoms with van der Waals surface area (Å²) in [6.45, 7) is 1.12. The van der Waals surface area contributed by atoms with Crippen molar-refractivity contribution in [1.29, 1.82) is 0 Å². The third-order valence-corrected chi connectivity index (χ3v) is 3.22. The quantitative estimate of drug-likeness (QED) is 0.244. The fraction of sp³-hybridized carbons (Fsp3) is 0.714. The highest BCUT2D eigenvalue weighted by Gasteiger charge is 2.75. The predicted octanol–water partition coefficient (Wildman–Crippen LogP) is 2.76. The Kier molecular flexibility index (Phi) is 4.82. The first-order chi connectivity index (χ1) is 7.38. The number of hydrogen-bond acceptors (Lipinski definition) is 3. The number of ether oxygens (including phenoxy) is 1. The molecule has 0 spiro atoms. The van der Waals surface area contributed by atoms with Crippen LogP contribution >= 0.6 is 22.6 Å². The highest BCUT2D eigenvalue weighted by Crippen LogP contribution is 2.50. The molecule has 17 heavy (non-hydrogen) atoms. The second kappa shape index (κ2) is 4.98. The van der Waals surface area contributed by atoms with Gasteiger partial charge in [-0.15, -0.1) is 0 Å². The lowest BCUT2D eigenvalue weighted by Crippen LogP contribution is -2.58. The van der Waals surface area contributed by atoms with E-state index in [4.69, 9.17) is 0 Å². The van der Waals surface area contributed by atoms with Crippen LogP contribution in [-0.4, -0.2) is 27.7 Å². The molecule has 10 heteroatoms. The monoisotopic (exact) mass is 378 g/mol. The molecule has 0 saturated carbocycles. The number of esters is 2. The van der Waals surface area contributed by atoms with Crippen LogP contribution in [0, 0.1) is 0 Å². The highest BCUT2D eigenvalue weighted by molar-refractivity contribution is 14.1. The van der Waals surface area contributed by atoms with E-state index in [-0.39, 0.29) is 22.6 Å². The molecule has 0 saturated heterocycles. The Bertz CT molecular complexity index is 307. The first-order valence-electron chi connectivity index (χ1n) is 3.95. The first kappa shape index (κ1) is 16.4. The molecule has 0 amide bonds. The number of carbonyl (C=O) groups is 2. The normalized spacial score (nSPS) is 13.4. The molecule has 0 atom stereocenters. The maximum absolute atomic E-state index is 12.3. The van der Waals surface area contributed by atoms with Crippen molar-refractivity contribution in [3.63, 3.8) is 0 Å². The predicted molar refractivity (Wildman–Crippen MR) is 50.3 cm³/mol. The summed E-state index contributed by atoms with van der Waals surface area (Å²) in [6.07, 6.45) is -12.4. The van der Waals surface area contributed by atoms with Gasteiger partial charge < -0.3 is 4.74 Å². The molecule has 0 aromatic heterocycles. The van der Waals surface area contributed by atoms with Gasteiger partial charge in [-0.05, 0) is 22.6 Å². The summed E-state index contributed by atoms with van der Waals surface area (Å²) in [5, 5.41) is 0. The summed E-state index contributed by atoms with van der Waals surface area (Å²) in [6, 6.07) is 0. The fourth-order valence-electron chi connectivity index (χ4n) is 0.638. The Morgan fingerprint density at radius 3 is 1.65 bits per heavy atom. The van der Waals surface area contributed by atoms with Crippen LogP contribution in [0.3, 0.4) is 0 Å². The lowest BCUT2D eigenvalue weighted by molar-refractivity contribution is -0.258. The third-order valence-electron chi connectivity index (χ3n) is 1.56. The van der Waals surface area contributed by atoms with E-state index >= 15 is 0 Å². The highest BCUT2D eigenvalue weighted by atomic mass is 127. The number of rotatable bonds is 2. The van der Waals surface area contributed by atoms with Gasteiger partial charge in [0.05, 0.1) is 0 Å². The van der Waals surface area contributed by atoms with Crippen LogP contribution in [0.1, 0.15) is 13.3 Å². The molecule has 3 nitrogen and oxygen atoms in total. The molecule has 0 aliphatic heterocycles. The van der Waals surface area contributed by atoms with Crippen molar-refractivity contribution in [2.45, 2.75) is 29.1 Å². The van der Waals surface area contributed by atoms with Crippen molar-refractivity contribution < 1.29 is 40.7 Å². The lowest BCUT2D eigenvalue weighted by Gasteiger charge is -2.29. The van der Waals surface area contributed by atoms with E-state index in [1.54, 1.807) is 0 Å². The first-order valence-corrected chi connectivity index (χ1v) is 5.03. The summed E-state index contributed by atoms with van der Waals surface area (Å²) in [5.74, 6) is -4.16. The Hall–Kier alpha value is -0.550. The van der Waals surface area contributed by atoms with Crippen molar-refractivity contribution >= 4 is 34.5 Å². The molecule has 0 radical (unpaired) electrons. The van der Waals surface area contributed by atoms with Crippen molar-refractivity contribution in [2.24, 2.45) is 0 Å². The summed E-state index contributed by atoms with van der Waals surface area (Å²) in [7, 11) is 0. The lowest BCUT2D eigenvalue weighted by atomic mass is 10.1. The van der Waals surface area contributed by atoms with E-state index in [0.717, 1.165) is 6.92 Å². The molecule has 100 valence electrons.